The van der Waals surface area contributed by atoms with E-state index in [0.717, 1.165) is 9.80 Å². The molecule has 4 fully saturated rings. The second-order valence-corrected chi connectivity index (χ2v) is 11.5. The largest absolute Gasteiger partial charge is 0.442 e. The van der Waals surface area contributed by atoms with E-state index in [2.05, 4.69) is 10.6 Å². The van der Waals surface area contributed by atoms with Crippen molar-refractivity contribution >= 4 is 59.1 Å². The number of thioether (sulfide) groups is 2. The van der Waals surface area contributed by atoms with E-state index >= 15 is 0 Å². The summed E-state index contributed by atoms with van der Waals surface area (Å²) >= 11 is 3.12. The highest BCUT2D eigenvalue weighted by molar-refractivity contribution is 7.99. The molecule has 0 saturated carbocycles. The molecule has 4 unspecified atom stereocenters. The Hall–Kier alpha value is -2.24. The van der Waals surface area contributed by atoms with Gasteiger partial charge in [0.2, 0.25) is 23.6 Å². The summed E-state index contributed by atoms with van der Waals surface area (Å²) in [5.41, 5.74) is 0. The van der Waals surface area contributed by atoms with Gasteiger partial charge in [-0.1, -0.05) is 0 Å². The zero-order valence-corrected chi connectivity index (χ0v) is 22.9. The number of nitrogens with one attached hydrogen (secondary N) is 2. The van der Waals surface area contributed by atoms with Crippen LogP contribution in [0.3, 0.4) is 0 Å². The molecule has 0 radical (unpaired) electrons. The number of esters is 2. The van der Waals surface area contributed by atoms with Crippen molar-refractivity contribution in [1.29, 1.82) is 0 Å². The molecule has 0 aliphatic carbocycles. The van der Waals surface area contributed by atoms with Crippen molar-refractivity contribution in [3.05, 3.63) is 0 Å². The van der Waals surface area contributed by atoms with Crippen LogP contribution in [0.2, 0.25) is 0 Å². The average Bonchev–Trinajstić information content (AvgIpc) is 3.61. The van der Waals surface area contributed by atoms with Crippen molar-refractivity contribution < 1.29 is 38.2 Å². The van der Waals surface area contributed by atoms with Crippen LogP contribution >= 0.6 is 23.5 Å². The Bertz CT molecular complexity index is 861. The van der Waals surface area contributed by atoms with Crippen molar-refractivity contribution in [2.75, 3.05) is 62.9 Å². The van der Waals surface area contributed by atoms with Gasteiger partial charge < -0.3 is 9.47 Å². The molecule has 4 aliphatic rings. The van der Waals surface area contributed by atoms with Crippen LogP contribution in [0.15, 0.2) is 0 Å². The SMILES string of the molecule is CC(C(C)N1CC(=O)N(COC(=O)C2CSCN2)C(=O)C1)N1CC(=O)N(COC(=O)C2CSCN2)C(=O)C1. The molecule has 0 aromatic carbocycles. The number of carbonyl (C=O) groups is 6. The summed E-state index contributed by atoms with van der Waals surface area (Å²) in [4.78, 5) is 80.2. The summed E-state index contributed by atoms with van der Waals surface area (Å²) in [7, 11) is 0. The highest BCUT2D eigenvalue weighted by atomic mass is 32.2. The third-order valence-electron chi connectivity index (χ3n) is 7.08. The van der Waals surface area contributed by atoms with Crippen LogP contribution in [-0.4, -0.2) is 142 Å². The molecule has 38 heavy (non-hydrogen) atoms. The molecule has 0 aromatic rings. The van der Waals surface area contributed by atoms with Gasteiger partial charge in [0.25, 0.3) is 0 Å². The predicted molar refractivity (Wildman–Crippen MR) is 136 cm³/mol. The highest BCUT2D eigenvalue weighted by Crippen LogP contribution is 2.19. The molecule has 0 bridgehead atoms. The Balaban J connectivity index is 1.25. The van der Waals surface area contributed by atoms with E-state index in [1.54, 1.807) is 33.3 Å². The summed E-state index contributed by atoms with van der Waals surface area (Å²) in [6.45, 7) is 2.50. The van der Waals surface area contributed by atoms with Gasteiger partial charge in [0.15, 0.2) is 13.5 Å². The van der Waals surface area contributed by atoms with Gasteiger partial charge >= 0.3 is 11.9 Å². The van der Waals surface area contributed by atoms with Crippen LogP contribution in [0.4, 0.5) is 0 Å². The van der Waals surface area contributed by atoms with Crippen LogP contribution in [0.25, 0.3) is 0 Å². The Morgan fingerprint density at radius 1 is 0.737 bits per heavy atom. The molecule has 4 aliphatic heterocycles. The van der Waals surface area contributed by atoms with Gasteiger partial charge in [0.1, 0.15) is 12.1 Å². The molecule has 4 rings (SSSR count). The van der Waals surface area contributed by atoms with E-state index in [1.165, 1.54) is 0 Å². The zero-order chi connectivity index (χ0) is 27.4. The second-order valence-electron chi connectivity index (χ2n) is 9.45. The first-order valence-corrected chi connectivity index (χ1v) is 14.6. The maximum absolute atomic E-state index is 12.7. The van der Waals surface area contributed by atoms with Gasteiger partial charge in [-0.05, 0) is 13.8 Å². The third-order valence-corrected chi connectivity index (χ3v) is 8.96. The normalized spacial score (nSPS) is 27.1. The van der Waals surface area contributed by atoms with Crippen LogP contribution in [0.1, 0.15) is 13.8 Å². The minimum absolute atomic E-state index is 0.0718. The van der Waals surface area contributed by atoms with Gasteiger partial charge in [-0.15, -0.1) is 23.5 Å². The van der Waals surface area contributed by atoms with E-state index in [-0.39, 0.29) is 38.3 Å². The molecule has 4 amide bonds. The first-order valence-electron chi connectivity index (χ1n) is 12.3. The maximum Gasteiger partial charge on any atom is 0.325 e. The van der Waals surface area contributed by atoms with Crippen molar-refractivity contribution in [2.24, 2.45) is 0 Å². The number of nitrogens with zero attached hydrogens (tertiary/aromatic N) is 4. The molecule has 16 heteroatoms. The number of hydrogen-bond acceptors (Lipinski definition) is 14. The van der Waals surface area contributed by atoms with Gasteiger partial charge in [0.05, 0.1) is 26.2 Å². The molecule has 210 valence electrons. The summed E-state index contributed by atoms with van der Waals surface area (Å²) < 4.78 is 10.3. The van der Waals surface area contributed by atoms with Gasteiger partial charge in [-0.3, -0.25) is 49.2 Å². The van der Waals surface area contributed by atoms with Gasteiger partial charge in [-0.25, -0.2) is 9.80 Å². The van der Waals surface area contributed by atoms with Crippen molar-refractivity contribution in [1.82, 2.24) is 30.2 Å². The van der Waals surface area contributed by atoms with E-state index in [0.29, 0.717) is 23.3 Å². The number of imide groups is 2. The monoisotopic (exact) mass is 572 g/mol. The van der Waals surface area contributed by atoms with Crippen molar-refractivity contribution in [3.8, 4) is 0 Å². The number of carbonyl (C=O) groups excluding carboxylic acids is 6. The number of rotatable bonds is 9. The Morgan fingerprint density at radius 3 is 1.37 bits per heavy atom. The van der Waals surface area contributed by atoms with E-state index < -0.39 is 61.1 Å². The Kier molecular flexibility index (Phi) is 9.64. The third kappa shape index (κ3) is 6.66. The topological polar surface area (TPSA) is 158 Å². The molecule has 4 heterocycles. The molecule has 14 nitrogen and oxygen atoms in total. The second kappa shape index (κ2) is 12.7. The molecular formula is C22H32N6O8S2. The standard InChI is InChI=1S/C22H32N6O8S2/c1-13(25-3-17(29)27(18(30)4-25)11-35-21(33)15-7-37-9-23-15)14(2)26-5-19(31)28(20(32)6-26)12-36-22(34)16-8-38-10-24-16/h13-16,23-24H,3-12H2,1-2H3. The van der Waals surface area contributed by atoms with Crippen molar-refractivity contribution in [3.63, 3.8) is 0 Å². The van der Waals surface area contributed by atoms with Crippen LogP contribution in [0, 0.1) is 0 Å². The summed E-state index contributed by atoms with van der Waals surface area (Å²) in [6, 6.07) is -1.59. The first kappa shape index (κ1) is 28.8. The maximum atomic E-state index is 12.7. The Morgan fingerprint density at radius 2 is 1.08 bits per heavy atom. The molecule has 2 N–H and O–H groups in total. The fraction of sp³-hybridized carbons (Fsp3) is 0.727. The van der Waals surface area contributed by atoms with Crippen LogP contribution < -0.4 is 10.6 Å². The fourth-order valence-electron chi connectivity index (χ4n) is 4.45. The molecule has 4 saturated heterocycles. The molecule has 0 spiro atoms. The average molecular weight is 573 g/mol. The predicted octanol–water partition coefficient (Wildman–Crippen LogP) is -2.57. The minimum Gasteiger partial charge on any atom is -0.442 e. The highest BCUT2D eigenvalue weighted by Gasteiger charge is 2.40. The lowest BCUT2D eigenvalue weighted by molar-refractivity contribution is -0.169. The van der Waals surface area contributed by atoms with E-state index in [4.69, 9.17) is 9.47 Å². The lowest BCUT2D eigenvalue weighted by Crippen LogP contribution is -2.63. The summed E-state index contributed by atoms with van der Waals surface area (Å²) in [5, 5.41) is 5.95. The van der Waals surface area contributed by atoms with E-state index in [9.17, 15) is 28.8 Å². The quantitative estimate of drug-likeness (QED) is 0.219. The zero-order valence-electron chi connectivity index (χ0n) is 21.3. The molecular weight excluding hydrogens is 540 g/mol. The van der Waals surface area contributed by atoms with Gasteiger partial charge in [-0.2, -0.15) is 0 Å². The smallest absolute Gasteiger partial charge is 0.325 e. The number of piperazine rings is 2. The lowest BCUT2D eigenvalue weighted by atomic mass is 10.1. The Labute approximate surface area is 228 Å². The number of amides is 4. The number of ether oxygens (including phenoxy) is 2. The first-order chi connectivity index (χ1) is 18.2. The fourth-order valence-corrected chi connectivity index (χ4v) is 6.30. The minimum atomic E-state index is -0.502. The van der Waals surface area contributed by atoms with Crippen molar-refractivity contribution in [2.45, 2.75) is 38.0 Å². The van der Waals surface area contributed by atoms with Crippen LogP contribution in [0.5, 0.6) is 0 Å². The summed E-state index contributed by atoms with van der Waals surface area (Å²) in [6.07, 6.45) is 0. The number of hydrogen-bond donors (Lipinski definition) is 2. The van der Waals surface area contributed by atoms with Gasteiger partial charge in [0, 0.05) is 35.3 Å². The van der Waals surface area contributed by atoms with E-state index in [1.807, 2.05) is 13.8 Å². The molecule has 4 atom stereocenters. The van der Waals surface area contributed by atoms with Crippen LogP contribution in [-0.2, 0) is 38.2 Å². The lowest BCUT2D eigenvalue weighted by Gasteiger charge is -2.43. The molecule has 0 aromatic heterocycles. The summed E-state index contributed by atoms with van der Waals surface area (Å²) in [5.74, 6) is -0.530.